The summed E-state index contributed by atoms with van der Waals surface area (Å²) >= 11 is 0. The highest BCUT2D eigenvalue weighted by molar-refractivity contribution is 4.72. The minimum absolute atomic E-state index is 0.890. The van der Waals surface area contributed by atoms with Gasteiger partial charge < -0.3 is 4.90 Å². The molecular formula is C10H21N. The van der Waals surface area contributed by atoms with Gasteiger partial charge in [0.05, 0.1) is 0 Å². The number of nitrogens with zero attached hydrogens (tertiary/aromatic N) is 1. The normalized spacial score (nSPS) is 26.7. The molecule has 0 saturated carbocycles. The molecule has 1 fully saturated rings. The summed E-state index contributed by atoms with van der Waals surface area (Å²) in [5.74, 6) is 1.89. The molecule has 1 nitrogen and oxygen atoms in total. The molecule has 0 aromatic heterocycles. The number of hydrogen-bond donors (Lipinski definition) is 0. The van der Waals surface area contributed by atoms with E-state index in [-0.39, 0.29) is 0 Å². The first-order valence-electron chi connectivity index (χ1n) is 4.87. The van der Waals surface area contributed by atoms with E-state index in [0.717, 1.165) is 11.8 Å². The van der Waals surface area contributed by atoms with Gasteiger partial charge in [-0.1, -0.05) is 20.3 Å². The Hall–Kier alpha value is -0.0400. The summed E-state index contributed by atoms with van der Waals surface area (Å²) in [4.78, 5) is 2.45. The average Bonchev–Trinajstić information content (AvgIpc) is 2.31. The Kier molecular flexibility index (Phi) is 3.38. The summed E-state index contributed by atoms with van der Waals surface area (Å²) in [6.45, 7) is 7.30. The molecule has 1 aliphatic rings. The second kappa shape index (κ2) is 4.10. The minimum atomic E-state index is 0.890. The number of likely N-dealkylation sites (tertiary alicyclic amines) is 1. The SMILES string of the molecule is CC(C)CC[C@H]1CCN(C)C1. The molecule has 1 heteroatoms. The summed E-state index contributed by atoms with van der Waals surface area (Å²) < 4.78 is 0. The molecule has 1 atom stereocenters. The van der Waals surface area contributed by atoms with E-state index in [0.29, 0.717) is 0 Å². The second-order valence-corrected chi connectivity index (χ2v) is 4.39. The van der Waals surface area contributed by atoms with E-state index in [1.807, 2.05) is 0 Å². The smallest absolute Gasteiger partial charge is 0.000709 e. The minimum Gasteiger partial charge on any atom is -0.306 e. The van der Waals surface area contributed by atoms with E-state index in [4.69, 9.17) is 0 Å². The molecular weight excluding hydrogens is 134 g/mol. The summed E-state index contributed by atoms with van der Waals surface area (Å²) in [7, 11) is 2.23. The highest BCUT2D eigenvalue weighted by atomic mass is 15.1. The van der Waals surface area contributed by atoms with Crippen LogP contribution in [0.25, 0.3) is 0 Å². The molecule has 0 unspecified atom stereocenters. The fourth-order valence-corrected chi connectivity index (χ4v) is 1.83. The van der Waals surface area contributed by atoms with Crippen LogP contribution >= 0.6 is 0 Å². The topological polar surface area (TPSA) is 3.24 Å². The standard InChI is InChI=1S/C10H21N/c1-9(2)4-5-10-6-7-11(3)8-10/h9-10H,4-8H2,1-3H3/t10-/m0/s1. The monoisotopic (exact) mass is 155 g/mol. The Morgan fingerprint density at radius 1 is 1.45 bits per heavy atom. The maximum Gasteiger partial charge on any atom is 0.000709 e. The van der Waals surface area contributed by atoms with Crippen LogP contribution in [-0.2, 0) is 0 Å². The summed E-state index contributed by atoms with van der Waals surface area (Å²) in [5.41, 5.74) is 0. The van der Waals surface area contributed by atoms with Gasteiger partial charge in [-0.15, -0.1) is 0 Å². The predicted molar refractivity (Wildman–Crippen MR) is 49.7 cm³/mol. The van der Waals surface area contributed by atoms with Crippen LogP contribution in [0.3, 0.4) is 0 Å². The van der Waals surface area contributed by atoms with Gasteiger partial charge in [-0.3, -0.25) is 0 Å². The first-order valence-corrected chi connectivity index (χ1v) is 4.87. The molecule has 0 radical (unpaired) electrons. The van der Waals surface area contributed by atoms with Crippen molar-refractivity contribution in [3.63, 3.8) is 0 Å². The molecule has 1 aliphatic heterocycles. The molecule has 11 heavy (non-hydrogen) atoms. The highest BCUT2D eigenvalue weighted by Crippen LogP contribution is 2.21. The van der Waals surface area contributed by atoms with Gasteiger partial charge in [0.1, 0.15) is 0 Å². The van der Waals surface area contributed by atoms with Gasteiger partial charge in [0, 0.05) is 6.54 Å². The van der Waals surface area contributed by atoms with Crippen molar-refractivity contribution in [3.8, 4) is 0 Å². The molecule has 0 aromatic rings. The van der Waals surface area contributed by atoms with Gasteiger partial charge in [-0.2, -0.15) is 0 Å². The third-order valence-electron chi connectivity index (χ3n) is 2.64. The van der Waals surface area contributed by atoms with Gasteiger partial charge in [0.2, 0.25) is 0 Å². The molecule has 1 heterocycles. The van der Waals surface area contributed by atoms with Crippen molar-refractivity contribution in [1.82, 2.24) is 4.90 Å². The van der Waals surface area contributed by atoms with Crippen molar-refractivity contribution >= 4 is 0 Å². The van der Waals surface area contributed by atoms with Crippen LogP contribution in [-0.4, -0.2) is 25.0 Å². The van der Waals surface area contributed by atoms with E-state index in [1.54, 1.807) is 0 Å². The van der Waals surface area contributed by atoms with Gasteiger partial charge in [0.15, 0.2) is 0 Å². The van der Waals surface area contributed by atoms with Crippen LogP contribution in [0.15, 0.2) is 0 Å². The van der Waals surface area contributed by atoms with Crippen molar-refractivity contribution in [1.29, 1.82) is 0 Å². The number of rotatable bonds is 3. The Morgan fingerprint density at radius 2 is 2.18 bits per heavy atom. The lowest BCUT2D eigenvalue weighted by molar-refractivity contribution is 0.374. The highest BCUT2D eigenvalue weighted by Gasteiger charge is 2.18. The molecule has 0 bridgehead atoms. The van der Waals surface area contributed by atoms with Gasteiger partial charge in [-0.05, 0) is 38.3 Å². The maximum atomic E-state index is 2.45. The quantitative estimate of drug-likeness (QED) is 0.605. The van der Waals surface area contributed by atoms with Crippen LogP contribution in [0, 0.1) is 11.8 Å². The van der Waals surface area contributed by atoms with E-state index in [2.05, 4.69) is 25.8 Å². The van der Waals surface area contributed by atoms with E-state index < -0.39 is 0 Å². The molecule has 0 amide bonds. The van der Waals surface area contributed by atoms with Crippen molar-refractivity contribution in [2.75, 3.05) is 20.1 Å². The van der Waals surface area contributed by atoms with Gasteiger partial charge in [0.25, 0.3) is 0 Å². The molecule has 0 spiro atoms. The van der Waals surface area contributed by atoms with Crippen molar-refractivity contribution in [3.05, 3.63) is 0 Å². The maximum absolute atomic E-state index is 2.45. The molecule has 1 rings (SSSR count). The van der Waals surface area contributed by atoms with Gasteiger partial charge >= 0.3 is 0 Å². The van der Waals surface area contributed by atoms with E-state index in [9.17, 15) is 0 Å². The zero-order valence-electron chi connectivity index (χ0n) is 8.14. The fraction of sp³-hybridized carbons (Fsp3) is 1.00. The average molecular weight is 155 g/mol. The van der Waals surface area contributed by atoms with Crippen LogP contribution in [0.2, 0.25) is 0 Å². The predicted octanol–water partition coefficient (Wildman–Crippen LogP) is 2.37. The number of hydrogen-bond acceptors (Lipinski definition) is 1. The Labute approximate surface area is 70.8 Å². The Morgan fingerprint density at radius 3 is 2.64 bits per heavy atom. The summed E-state index contributed by atoms with van der Waals surface area (Å²) in [6, 6.07) is 0. The summed E-state index contributed by atoms with van der Waals surface area (Å²) in [6.07, 6.45) is 4.30. The first-order chi connectivity index (χ1) is 5.18. The van der Waals surface area contributed by atoms with Gasteiger partial charge in [-0.25, -0.2) is 0 Å². The molecule has 0 aliphatic carbocycles. The fourth-order valence-electron chi connectivity index (χ4n) is 1.83. The summed E-state index contributed by atoms with van der Waals surface area (Å²) in [5, 5.41) is 0. The van der Waals surface area contributed by atoms with Crippen molar-refractivity contribution < 1.29 is 0 Å². The zero-order valence-corrected chi connectivity index (χ0v) is 8.14. The lowest BCUT2D eigenvalue weighted by atomic mass is 9.97. The first kappa shape index (κ1) is 9.05. The molecule has 1 saturated heterocycles. The molecule has 0 N–H and O–H groups in total. The lowest BCUT2D eigenvalue weighted by Crippen LogP contribution is -2.14. The van der Waals surface area contributed by atoms with Crippen molar-refractivity contribution in [2.45, 2.75) is 33.1 Å². The van der Waals surface area contributed by atoms with Crippen LogP contribution < -0.4 is 0 Å². The Bertz CT molecular complexity index is 109. The third-order valence-corrected chi connectivity index (χ3v) is 2.64. The van der Waals surface area contributed by atoms with Crippen LogP contribution in [0.1, 0.15) is 33.1 Å². The molecule has 66 valence electrons. The lowest BCUT2D eigenvalue weighted by Gasteiger charge is -2.11. The Balaban J connectivity index is 2.08. The van der Waals surface area contributed by atoms with Crippen molar-refractivity contribution in [2.24, 2.45) is 11.8 Å². The zero-order chi connectivity index (χ0) is 8.27. The van der Waals surface area contributed by atoms with E-state index >= 15 is 0 Å². The molecule has 0 aromatic carbocycles. The van der Waals surface area contributed by atoms with E-state index in [1.165, 1.54) is 32.4 Å². The van der Waals surface area contributed by atoms with Crippen LogP contribution in [0.4, 0.5) is 0 Å². The second-order valence-electron chi connectivity index (χ2n) is 4.39. The largest absolute Gasteiger partial charge is 0.306 e. The third kappa shape index (κ3) is 3.24. The van der Waals surface area contributed by atoms with Crippen LogP contribution in [0.5, 0.6) is 0 Å².